The highest BCUT2D eigenvalue weighted by molar-refractivity contribution is 6.35. The zero-order valence-corrected chi connectivity index (χ0v) is 22.7. The number of ether oxygens (including phenoxy) is 2. The minimum absolute atomic E-state index is 0.0466. The van der Waals surface area contributed by atoms with Crippen molar-refractivity contribution in [1.29, 1.82) is 0 Å². The molecule has 39 heavy (non-hydrogen) atoms. The third-order valence-electron chi connectivity index (χ3n) is 6.38. The number of aliphatic imine (C=N–C) groups is 1. The number of nitrogens with one attached hydrogen (secondary N) is 1. The highest BCUT2D eigenvalue weighted by Crippen LogP contribution is 2.45. The molecule has 0 spiro atoms. The molecule has 3 aromatic carbocycles. The fourth-order valence-corrected chi connectivity index (χ4v) is 4.98. The molecule has 202 valence electrons. The Morgan fingerprint density at radius 3 is 2.59 bits per heavy atom. The maximum atomic E-state index is 13.7. The summed E-state index contributed by atoms with van der Waals surface area (Å²) in [4.78, 5) is 21.5. The van der Waals surface area contributed by atoms with E-state index in [-0.39, 0.29) is 31.4 Å². The summed E-state index contributed by atoms with van der Waals surface area (Å²) in [5.41, 5.74) is 10.2. The Labute approximate surface area is 236 Å². The number of halogens is 2. The van der Waals surface area contributed by atoms with Gasteiger partial charge in [0.05, 0.1) is 13.2 Å². The third-order valence-corrected chi connectivity index (χ3v) is 6.95. The monoisotopic (exact) mass is 567 g/mol. The van der Waals surface area contributed by atoms with Gasteiger partial charge in [0.1, 0.15) is 5.75 Å². The van der Waals surface area contributed by atoms with Gasteiger partial charge >= 0.3 is 0 Å². The van der Waals surface area contributed by atoms with E-state index in [1.165, 1.54) is 0 Å². The number of likely N-dealkylation sites (N-methyl/N-ethyl adjacent to an activating group) is 1. The summed E-state index contributed by atoms with van der Waals surface area (Å²) in [6.07, 6.45) is -0.207. The number of carbonyl (C=O) groups excluding carboxylic acids is 1. The van der Waals surface area contributed by atoms with Crippen LogP contribution in [0.5, 0.6) is 5.75 Å². The number of amides is 1. The fourth-order valence-electron chi connectivity index (χ4n) is 4.47. The first-order valence-electron chi connectivity index (χ1n) is 12.3. The van der Waals surface area contributed by atoms with E-state index < -0.39 is 11.6 Å². The molecule has 0 fully saturated rings. The van der Waals surface area contributed by atoms with Crippen molar-refractivity contribution >= 4 is 35.0 Å². The average molecular weight is 568 g/mol. The predicted octanol–water partition coefficient (Wildman–Crippen LogP) is 5.81. The Bertz CT molecular complexity index is 1410. The van der Waals surface area contributed by atoms with Crippen LogP contribution in [0.3, 0.4) is 0 Å². The van der Waals surface area contributed by atoms with Gasteiger partial charge in [-0.2, -0.15) is 0 Å². The lowest BCUT2D eigenvalue weighted by atomic mass is 9.81. The molecule has 0 saturated heterocycles. The van der Waals surface area contributed by atoms with Crippen molar-refractivity contribution in [3.8, 4) is 5.75 Å². The van der Waals surface area contributed by atoms with Crippen LogP contribution < -0.4 is 10.1 Å². The van der Waals surface area contributed by atoms with Gasteiger partial charge in [0.15, 0.2) is 11.6 Å². The minimum Gasteiger partial charge on any atom is -0.494 e. The van der Waals surface area contributed by atoms with Crippen molar-refractivity contribution in [2.75, 3.05) is 20.3 Å². The highest BCUT2D eigenvalue weighted by Gasteiger charge is 2.53. The first-order chi connectivity index (χ1) is 18.9. The van der Waals surface area contributed by atoms with Crippen molar-refractivity contribution < 1.29 is 19.4 Å². The van der Waals surface area contributed by atoms with Gasteiger partial charge in [-0.1, -0.05) is 58.6 Å². The molecule has 1 aliphatic rings. The molecule has 9 nitrogen and oxygen atoms in total. The van der Waals surface area contributed by atoms with E-state index in [2.05, 4.69) is 15.3 Å². The van der Waals surface area contributed by atoms with Crippen LogP contribution >= 0.6 is 23.2 Å². The molecule has 0 aliphatic carbocycles. The van der Waals surface area contributed by atoms with E-state index in [0.717, 1.165) is 11.1 Å². The van der Waals surface area contributed by atoms with E-state index >= 15 is 0 Å². The van der Waals surface area contributed by atoms with Gasteiger partial charge in [0, 0.05) is 52.6 Å². The number of aliphatic hydroxyl groups is 1. The molecule has 0 unspecified atom stereocenters. The second kappa shape index (κ2) is 12.9. The van der Waals surface area contributed by atoms with Crippen LogP contribution in [0.25, 0.3) is 10.4 Å². The van der Waals surface area contributed by atoms with E-state index in [1.807, 2.05) is 24.3 Å². The van der Waals surface area contributed by atoms with Gasteiger partial charge in [-0.25, -0.2) is 4.99 Å². The van der Waals surface area contributed by atoms with Crippen molar-refractivity contribution in [2.45, 2.75) is 31.0 Å². The lowest BCUT2D eigenvalue weighted by Crippen LogP contribution is -2.49. The Kier molecular flexibility index (Phi) is 9.32. The van der Waals surface area contributed by atoms with Crippen LogP contribution in [-0.4, -0.2) is 42.7 Å². The van der Waals surface area contributed by atoms with Crippen molar-refractivity contribution in [2.24, 2.45) is 10.1 Å². The molecule has 0 bridgehead atoms. The first-order valence-corrected chi connectivity index (χ1v) is 13.0. The number of benzene rings is 3. The molecular weight excluding hydrogens is 541 g/mol. The van der Waals surface area contributed by atoms with Gasteiger partial charge in [0.2, 0.25) is 5.90 Å². The topological polar surface area (TPSA) is 129 Å². The molecule has 0 radical (unpaired) electrons. The molecule has 0 saturated carbocycles. The minimum atomic E-state index is -1.44. The summed E-state index contributed by atoms with van der Waals surface area (Å²) in [6, 6.07) is 19.6. The normalized spacial score (nSPS) is 18.1. The standard InChI is InChI=1S/C28H27Cl2N5O4/c1-32-27(37)28(16-19-5-2-3-6-20(19)17-33-35-31)25(23-12-9-21(29)15-24(23)30)39-26(34-28)18-7-10-22(11-8-18)38-14-4-13-36/h2-3,5-12,15,25,36H,4,13-14,16-17H2,1H3,(H,32,37)/t25-,28-/m1/s1. The van der Waals surface area contributed by atoms with Gasteiger partial charge in [-0.3, -0.25) is 4.79 Å². The zero-order valence-electron chi connectivity index (χ0n) is 21.2. The number of aliphatic hydroxyl groups excluding tert-OH is 1. The molecule has 11 heteroatoms. The van der Waals surface area contributed by atoms with Crippen molar-refractivity contribution in [1.82, 2.24) is 5.32 Å². The zero-order chi connectivity index (χ0) is 27.8. The fraction of sp³-hybridized carbons (Fsp3) is 0.286. The van der Waals surface area contributed by atoms with Crippen molar-refractivity contribution in [3.63, 3.8) is 0 Å². The molecule has 1 amide bonds. The third kappa shape index (κ3) is 6.29. The Hall–Kier alpha value is -3.75. The van der Waals surface area contributed by atoms with Crippen LogP contribution in [0.15, 0.2) is 76.8 Å². The second-order valence-corrected chi connectivity index (χ2v) is 9.71. The van der Waals surface area contributed by atoms with Gasteiger partial charge in [-0.15, -0.1) is 0 Å². The van der Waals surface area contributed by atoms with Crippen LogP contribution in [-0.2, 0) is 22.5 Å². The SMILES string of the molecule is CNC(=O)[C@]1(Cc2ccccc2CN=[N+]=[N-])N=C(c2ccc(OCCCO)cc2)O[C@@H]1c1ccc(Cl)cc1Cl. The van der Waals surface area contributed by atoms with E-state index in [1.54, 1.807) is 49.5 Å². The summed E-state index contributed by atoms with van der Waals surface area (Å²) in [5.74, 6) is 0.535. The summed E-state index contributed by atoms with van der Waals surface area (Å²) >= 11 is 12.8. The highest BCUT2D eigenvalue weighted by atomic mass is 35.5. The second-order valence-electron chi connectivity index (χ2n) is 8.87. The molecule has 1 heterocycles. The lowest BCUT2D eigenvalue weighted by molar-refractivity contribution is -0.128. The summed E-state index contributed by atoms with van der Waals surface area (Å²) < 4.78 is 12.1. The Morgan fingerprint density at radius 2 is 1.92 bits per heavy atom. The van der Waals surface area contributed by atoms with Crippen LogP contribution in [0.4, 0.5) is 0 Å². The number of rotatable bonds is 11. The van der Waals surface area contributed by atoms with Gasteiger partial charge in [-0.05, 0) is 53.1 Å². The largest absolute Gasteiger partial charge is 0.494 e. The number of hydrogen-bond acceptors (Lipinski definition) is 6. The van der Waals surface area contributed by atoms with E-state index in [4.69, 9.17) is 48.3 Å². The quantitative estimate of drug-likeness (QED) is 0.131. The number of azide groups is 1. The van der Waals surface area contributed by atoms with Gasteiger partial charge in [0.25, 0.3) is 5.91 Å². The van der Waals surface area contributed by atoms with Crippen LogP contribution in [0.1, 0.15) is 34.8 Å². The molecule has 0 aromatic heterocycles. The predicted molar refractivity (Wildman–Crippen MR) is 150 cm³/mol. The maximum absolute atomic E-state index is 13.7. The Morgan fingerprint density at radius 1 is 1.18 bits per heavy atom. The number of nitrogens with zero attached hydrogens (tertiary/aromatic N) is 4. The van der Waals surface area contributed by atoms with Crippen molar-refractivity contribution in [3.05, 3.63) is 109 Å². The lowest BCUT2D eigenvalue weighted by Gasteiger charge is -2.31. The molecular formula is C28H27Cl2N5O4. The van der Waals surface area contributed by atoms with Crippen LogP contribution in [0, 0.1) is 0 Å². The van der Waals surface area contributed by atoms with E-state index in [9.17, 15) is 4.79 Å². The summed E-state index contributed by atoms with van der Waals surface area (Å²) in [7, 11) is 1.54. The molecule has 4 rings (SSSR count). The summed E-state index contributed by atoms with van der Waals surface area (Å²) in [6.45, 7) is 0.558. The van der Waals surface area contributed by atoms with Gasteiger partial charge < -0.3 is 19.9 Å². The Balaban J connectivity index is 1.81. The maximum Gasteiger partial charge on any atom is 0.252 e. The summed E-state index contributed by atoms with van der Waals surface area (Å²) in [5, 5.41) is 16.2. The smallest absolute Gasteiger partial charge is 0.252 e. The molecule has 2 N–H and O–H groups in total. The van der Waals surface area contributed by atoms with E-state index in [0.29, 0.717) is 39.9 Å². The average Bonchev–Trinajstić information content (AvgIpc) is 3.32. The van der Waals surface area contributed by atoms with Crippen LogP contribution in [0.2, 0.25) is 10.0 Å². The molecule has 1 aliphatic heterocycles. The molecule has 2 atom stereocenters. The molecule has 3 aromatic rings. The first kappa shape index (κ1) is 28.3. The number of hydrogen-bond donors (Lipinski definition) is 2. The number of carbonyl (C=O) groups is 1.